The summed E-state index contributed by atoms with van der Waals surface area (Å²) in [7, 11) is 1.85. The molecule has 0 aliphatic carbocycles. The highest BCUT2D eigenvalue weighted by molar-refractivity contribution is 6.31. The quantitative estimate of drug-likeness (QED) is 0.847. The van der Waals surface area contributed by atoms with Crippen LogP contribution in [0.3, 0.4) is 0 Å². The summed E-state index contributed by atoms with van der Waals surface area (Å²) in [6, 6.07) is 17.5. The summed E-state index contributed by atoms with van der Waals surface area (Å²) in [5.74, 6) is 0.0340. The molecule has 1 amide bonds. The summed E-state index contributed by atoms with van der Waals surface area (Å²) in [6.07, 6.45) is 0.802. The van der Waals surface area contributed by atoms with Gasteiger partial charge in [0.1, 0.15) is 0 Å². The van der Waals surface area contributed by atoms with Crippen molar-refractivity contribution < 1.29 is 9.90 Å². The topological polar surface area (TPSA) is 43.8 Å². The van der Waals surface area contributed by atoms with E-state index in [2.05, 4.69) is 17.0 Å². The van der Waals surface area contributed by atoms with Crippen LogP contribution in [0.25, 0.3) is 0 Å². The van der Waals surface area contributed by atoms with Crippen LogP contribution in [0.15, 0.2) is 54.6 Å². The predicted octanol–water partition coefficient (Wildman–Crippen LogP) is 3.15. The molecule has 1 aliphatic heterocycles. The van der Waals surface area contributed by atoms with Gasteiger partial charge in [0.25, 0.3) is 0 Å². The van der Waals surface area contributed by atoms with Gasteiger partial charge in [0.15, 0.2) is 0 Å². The summed E-state index contributed by atoms with van der Waals surface area (Å²) in [4.78, 5) is 16.9. The van der Waals surface area contributed by atoms with Gasteiger partial charge in [0, 0.05) is 31.7 Å². The number of nitrogens with zero attached hydrogens (tertiary/aromatic N) is 2. The van der Waals surface area contributed by atoms with E-state index in [1.54, 1.807) is 0 Å². The summed E-state index contributed by atoms with van der Waals surface area (Å²) in [5, 5.41) is 10.4. The number of carbonyl (C=O) groups excluding carboxylic acids is 1. The summed E-state index contributed by atoms with van der Waals surface area (Å²) >= 11 is 6.22. The third kappa shape index (κ3) is 4.64. The lowest BCUT2D eigenvalue weighted by Crippen LogP contribution is -2.39. The summed E-state index contributed by atoms with van der Waals surface area (Å²) in [6.45, 7) is 2.23. The Kier molecular flexibility index (Phi) is 6.30. The van der Waals surface area contributed by atoms with Crippen LogP contribution in [0.5, 0.6) is 0 Å². The number of rotatable bonds is 6. The fourth-order valence-corrected chi connectivity index (χ4v) is 3.66. The molecular weight excluding hydrogens is 348 g/mol. The van der Waals surface area contributed by atoms with E-state index in [9.17, 15) is 9.90 Å². The zero-order valence-electron chi connectivity index (χ0n) is 15.0. The lowest BCUT2D eigenvalue weighted by Gasteiger charge is -2.32. The van der Waals surface area contributed by atoms with E-state index in [1.165, 1.54) is 0 Å². The number of carbonyl (C=O) groups is 1. The molecule has 26 heavy (non-hydrogen) atoms. The van der Waals surface area contributed by atoms with Gasteiger partial charge < -0.3 is 10.0 Å². The molecule has 1 aliphatic rings. The normalized spacial score (nSPS) is 18.7. The number of benzene rings is 2. The van der Waals surface area contributed by atoms with Crippen LogP contribution < -0.4 is 0 Å². The fourth-order valence-electron chi connectivity index (χ4n) is 3.45. The maximum absolute atomic E-state index is 12.9. The van der Waals surface area contributed by atoms with Gasteiger partial charge in [-0.3, -0.25) is 9.69 Å². The molecule has 1 N–H and O–H groups in total. The molecule has 0 saturated carbocycles. The third-order valence-corrected chi connectivity index (χ3v) is 5.39. The third-order valence-electron chi connectivity index (χ3n) is 5.02. The van der Waals surface area contributed by atoms with E-state index in [4.69, 9.17) is 11.6 Å². The van der Waals surface area contributed by atoms with Crippen LogP contribution in [-0.4, -0.2) is 53.6 Å². The van der Waals surface area contributed by atoms with Crippen molar-refractivity contribution in [2.75, 3.05) is 26.7 Å². The first-order valence-corrected chi connectivity index (χ1v) is 9.37. The van der Waals surface area contributed by atoms with Crippen LogP contribution >= 0.6 is 11.6 Å². The lowest BCUT2D eigenvalue weighted by atomic mass is 10.0. The molecule has 2 atom stereocenters. The van der Waals surface area contributed by atoms with Crippen LogP contribution in [0.4, 0.5) is 0 Å². The second kappa shape index (κ2) is 8.67. The molecule has 2 aromatic carbocycles. The number of aliphatic hydroxyl groups excluding tert-OH is 1. The summed E-state index contributed by atoms with van der Waals surface area (Å²) < 4.78 is 0. The molecule has 5 heteroatoms. The molecule has 0 bridgehead atoms. The molecule has 0 radical (unpaired) electrons. The molecule has 1 fully saturated rings. The number of halogens is 1. The van der Waals surface area contributed by atoms with Gasteiger partial charge in [-0.05, 0) is 23.6 Å². The average Bonchev–Trinajstić information content (AvgIpc) is 3.06. The van der Waals surface area contributed by atoms with Crippen molar-refractivity contribution >= 4 is 17.5 Å². The van der Waals surface area contributed by atoms with Gasteiger partial charge in [0.2, 0.25) is 5.91 Å². The first kappa shape index (κ1) is 18.9. The minimum atomic E-state index is -0.268. The van der Waals surface area contributed by atoms with Crippen molar-refractivity contribution in [3.8, 4) is 0 Å². The Bertz CT molecular complexity index is 738. The van der Waals surface area contributed by atoms with E-state index in [1.807, 2.05) is 54.4 Å². The van der Waals surface area contributed by atoms with Crippen LogP contribution in [0.1, 0.15) is 23.6 Å². The fraction of sp³-hybridized carbons (Fsp3) is 0.381. The molecule has 1 heterocycles. The SMILES string of the molecule is CN(C(=O)Cc1ccccc1Cl)C(CN1CCC(O)C1)c1ccccc1. The van der Waals surface area contributed by atoms with Gasteiger partial charge in [-0.2, -0.15) is 0 Å². The minimum Gasteiger partial charge on any atom is -0.392 e. The minimum absolute atomic E-state index is 0.0340. The summed E-state index contributed by atoms with van der Waals surface area (Å²) in [5.41, 5.74) is 1.94. The molecule has 138 valence electrons. The molecule has 3 rings (SSSR count). The van der Waals surface area contributed by atoms with E-state index in [0.717, 1.165) is 24.1 Å². The Hall–Kier alpha value is -1.88. The Labute approximate surface area is 160 Å². The van der Waals surface area contributed by atoms with E-state index in [-0.39, 0.29) is 24.5 Å². The Balaban J connectivity index is 1.76. The van der Waals surface area contributed by atoms with Gasteiger partial charge in [-0.25, -0.2) is 0 Å². The van der Waals surface area contributed by atoms with Crippen molar-refractivity contribution in [2.45, 2.75) is 25.0 Å². The highest BCUT2D eigenvalue weighted by Gasteiger charge is 2.28. The second-order valence-corrected chi connectivity index (χ2v) is 7.31. The molecule has 0 aromatic heterocycles. The number of hydrogen-bond acceptors (Lipinski definition) is 3. The van der Waals surface area contributed by atoms with E-state index in [0.29, 0.717) is 18.1 Å². The smallest absolute Gasteiger partial charge is 0.227 e. The number of aliphatic hydroxyl groups is 1. The highest BCUT2D eigenvalue weighted by atomic mass is 35.5. The number of likely N-dealkylation sites (tertiary alicyclic amines) is 1. The number of amides is 1. The van der Waals surface area contributed by atoms with Crippen molar-refractivity contribution in [1.82, 2.24) is 9.80 Å². The Morgan fingerprint density at radius 2 is 1.92 bits per heavy atom. The van der Waals surface area contributed by atoms with E-state index >= 15 is 0 Å². The molecular formula is C21H25ClN2O2. The standard InChI is InChI=1S/C21H25ClN2O2/c1-23(21(26)13-17-9-5-6-10-19(17)22)20(16-7-3-2-4-8-16)15-24-12-11-18(25)14-24/h2-10,18,20,25H,11-15H2,1H3. The first-order valence-electron chi connectivity index (χ1n) is 8.99. The van der Waals surface area contributed by atoms with Gasteiger partial charge in [-0.15, -0.1) is 0 Å². The molecule has 2 unspecified atom stereocenters. The van der Waals surface area contributed by atoms with Gasteiger partial charge in [0.05, 0.1) is 18.6 Å². The van der Waals surface area contributed by atoms with Crippen LogP contribution in [-0.2, 0) is 11.2 Å². The average molecular weight is 373 g/mol. The molecule has 2 aromatic rings. The maximum atomic E-state index is 12.9. The van der Waals surface area contributed by atoms with Gasteiger partial charge >= 0.3 is 0 Å². The molecule has 0 spiro atoms. The number of β-amino-alcohol motifs (C(OH)–C–C–N with tert-alkyl or cyclic N) is 1. The zero-order chi connectivity index (χ0) is 18.5. The Morgan fingerprint density at radius 1 is 1.23 bits per heavy atom. The van der Waals surface area contributed by atoms with Crippen LogP contribution in [0, 0.1) is 0 Å². The van der Waals surface area contributed by atoms with Gasteiger partial charge in [-0.1, -0.05) is 60.1 Å². The molecule has 4 nitrogen and oxygen atoms in total. The second-order valence-electron chi connectivity index (χ2n) is 6.90. The van der Waals surface area contributed by atoms with Crippen molar-refractivity contribution in [3.05, 3.63) is 70.7 Å². The van der Waals surface area contributed by atoms with Crippen molar-refractivity contribution in [3.63, 3.8) is 0 Å². The monoisotopic (exact) mass is 372 g/mol. The first-order chi connectivity index (χ1) is 12.5. The largest absolute Gasteiger partial charge is 0.392 e. The number of hydrogen-bond donors (Lipinski definition) is 1. The lowest BCUT2D eigenvalue weighted by molar-refractivity contribution is -0.131. The van der Waals surface area contributed by atoms with Crippen molar-refractivity contribution in [2.24, 2.45) is 0 Å². The maximum Gasteiger partial charge on any atom is 0.227 e. The predicted molar refractivity (Wildman–Crippen MR) is 104 cm³/mol. The Morgan fingerprint density at radius 3 is 2.58 bits per heavy atom. The van der Waals surface area contributed by atoms with Crippen LogP contribution in [0.2, 0.25) is 5.02 Å². The zero-order valence-corrected chi connectivity index (χ0v) is 15.8. The van der Waals surface area contributed by atoms with Crippen molar-refractivity contribution in [1.29, 1.82) is 0 Å². The number of likely N-dealkylation sites (N-methyl/N-ethyl adjacent to an activating group) is 1. The highest BCUT2D eigenvalue weighted by Crippen LogP contribution is 2.24. The van der Waals surface area contributed by atoms with E-state index < -0.39 is 0 Å². The molecule has 1 saturated heterocycles.